The maximum Gasteiger partial charge on any atom is 0.417 e. The summed E-state index contributed by atoms with van der Waals surface area (Å²) >= 11 is 2.19. The Labute approximate surface area is 81.9 Å². The van der Waals surface area contributed by atoms with Crippen LogP contribution in [0.15, 0.2) is 21.3 Å². The molecule has 3 nitrogen and oxygen atoms in total. The Morgan fingerprint density at radius 3 is 3.00 bits per heavy atom. The third kappa shape index (κ3) is 1.16. The second kappa shape index (κ2) is 2.62. The SMILES string of the molecule is Cc1cc(I)cc2oc(=O)[nH]c12. The second-order valence-electron chi connectivity index (χ2n) is 2.61. The Bertz CT molecular complexity index is 483. The average molecular weight is 275 g/mol. The van der Waals surface area contributed by atoms with Gasteiger partial charge in [-0.05, 0) is 47.2 Å². The van der Waals surface area contributed by atoms with Gasteiger partial charge in [-0.1, -0.05) is 0 Å². The lowest BCUT2D eigenvalue weighted by Crippen LogP contribution is -1.93. The summed E-state index contributed by atoms with van der Waals surface area (Å²) in [5, 5.41) is 0. The molecule has 0 spiro atoms. The van der Waals surface area contributed by atoms with Crippen LogP contribution in [0.25, 0.3) is 11.1 Å². The maximum atomic E-state index is 10.8. The van der Waals surface area contributed by atoms with Crippen molar-refractivity contribution in [3.8, 4) is 0 Å². The van der Waals surface area contributed by atoms with Crippen LogP contribution in [0.2, 0.25) is 0 Å². The lowest BCUT2D eigenvalue weighted by molar-refractivity contribution is 0.555. The number of aromatic amines is 1. The van der Waals surface area contributed by atoms with Gasteiger partial charge in [-0.2, -0.15) is 0 Å². The molecule has 0 atom stereocenters. The van der Waals surface area contributed by atoms with Crippen LogP contribution >= 0.6 is 22.6 Å². The maximum absolute atomic E-state index is 10.8. The van der Waals surface area contributed by atoms with Crippen molar-refractivity contribution in [1.29, 1.82) is 0 Å². The Morgan fingerprint density at radius 1 is 1.50 bits per heavy atom. The molecule has 0 amide bonds. The summed E-state index contributed by atoms with van der Waals surface area (Å²) in [7, 11) is 0. The van der Waals surface area contributed by atoms with E-state index in [-0.39, 0.29) is 0 Å². The fourth-order valence-electron chi connectivity index (χ4n) is 1.18. The van der Waals surface area contributed by atoms with Gasteiger partial charge in [0.05, 0.1) is 5.52 Å². The van der Waals surface area contributed by atoms with E-state index in [9.17, 15) is 4.79 Å². The molecule has 0 aliphatic rings. The van der Waals surface area contributed by atoms with E-state index in [2.05, 4.69) is 27.6 Å². The van der Waals surface area contributed by atoms with Gasteiger partial charge in [0.25, 0.3) is 0 Å². The summed E-state index contributed by atoms with van der Waals surface area (Å²) in [6.07, 6.45) is 0. The van der Waals surface area contributed by atoms with Crippen molar-refractivity contribution in [2.24, 2.45) is 0 Å². The molecule has 0 radical (unpaired) electrons. The number of aromatic nitrogens is 1. The Hall–Kier alpha value is -0.780. The minimum atomic E-state index is -0.393. The number of benzene rings is 1. The van der Waals surface area contributed by atoms with Gasteiger partial charge in [0.2, 0.25) is 0 Å². The highest BCUT2D eigenvalue weighted by Gasteiger charge is 2.03. The molecule has 0 unspecified atom stereocenters. The molecule has 0 saturated heterocycles. The van der Waals surface area contributed by atoms with Crippen LogP contribution in [0.1, 0.15) is 5.56 Å². The molecule has 0 aliphatic heterocycles. The van der Waals surface area contributed by atoms with Crippen LogP contribution in [0.3, 0.4) is 0 Å². The van der Waals surface area contributed by atoms with E-state index >= 15 is 0 Å². The van der Waals surface area contributed by atoms with E-state index < -0.39 is 5.76 Å². The number of nitrogens with one attached hydrogen (secondary N) is 1. The molecule has 2 rings (SSSR count). The first-order chi connectivity index (χ1) is 5.66. The quantitative estimate of drug-likeness (QED) is 0.748. The van der Waals surface area contributed by atoms with Crippen molar-refractivity contribution < 1.29 is 4.42 Å². The van der Waals surface area contributed by atoms with Gasteiger partial charge in [-0.15, -0.1) is 0 Å². The predicted molar refractivity (Wildman–Crippen MR) is 54.3 cm³/mol. The number of hydrogen-bond donors (Lipinski definition) is 1. The Morgan fingerprint density at radius 2 is 2.25 bits per heavy atom. The van der Waals surface area contributed by atoms with Gasteiger partial charge >= 0.3 is 5.76 Å². The molecule has 0 aliphatic carbocycles. The molecule has 1 N–H and O–H groups in total. The zero-order valence-electron chi connectivity index (χ0n) is 6.35. The van der Waals surface area contributed by atoms with Gasteiger partial charge < -0.3 is 4.42 Å². The van der Waals surface area contributed by atoms with E-state index in [1.165, 1.54) is 0 Å². The fourth-order valence-corrected chi connectivity index (χ4v) is 1.93. The Kier molecular flexibility index (Phi) is 1.71. The monoisotopic (exact) mass is 275 g/mol. The average Bonchev–Trinajstić information content (AvgIpc) is 2.29. The molecule has 0 bridgehead atoms. The third-order valence-corrected chi connectivity index (χ3v) is 2.32. The van der Waals surface area contributed by atoms with E-state index in [0.717, 1.165) is 14.7 Å². The van der Waals surface area contributed by atoms with E-state index in [1.54, 1.807) is 0 Å². The van der Waals surface area contributed by atoms with Crippen molar-refractivity contribution >= 4 is 33.7 Å². The summed E-state index contributed by atoms with van der Waals surface area (Å²) in [6.45, 7) is 1.94. The lowest BCUT2D eigenvalue weighted by atomic mass is 10.2. The van der Waals surface area contributed by atoms with E-state index in [1.807, 2.05) is 19.1 Å². The minimum Gasteiger partial charge on any atom is -0.408 e. The van der Waals surface area contributed by atoms with Crippen LogP contribution in [-0.2, 0) is 0 Å². The zero-order valence-corrected chi connectivity index (χ0v) is 8.51. The van der Waals surface area contributed by atoms with Crippen LogP contribution in [-0.4, -0.2) is 4.98 Å². The summed E-state index contributed by atoms with van der Waals surface area (Å²) < 4.78 is 5.98. The molecule has 12 heavy (non-hydrogen) atoms. The Balaban J connectivity index is 2.97. The predicted octanol–water partition coefficient (Wildman–Crippen LogP) is 2.03. The van der Waals surface area contributed by atoms with E-state index in [4.69, 9.17) is 4.42 Å². The number of H-pyrrole nitrogens is 1. The summed E-state index contributed by atoms with van der Waals surface area (Å²) in [4.78, 5) is 13.5. The summed E-state index contributed by atoms with van der Waals surface area (Å²) in [5.41, 5.74) is 2.45. The number of halogens is 1. The molecule has 62 valence electrons. The number of hydrogen-bond acceptors (Lipinski definition) is 2. The van der Waals surface area contributed by atoms with E-state index in [0.29, 0.717) is 5.58 Å². The summed E-state index contributed by atoms with van der Waals surface area (Å²) in [5.74, 6) is -0.393. The van der Waals surface area contributed by atoms with Gasteiger partial charge in [0.1, 0.15) is 0 Å². The minimum absolute atomic E-state index is 0.393. The smallest absolute Gasteiger partial charge is 0.408 e. The second-order valence-corrected chi connectivity index (χ2v) is 3.86. The lowest BCUT2D eigenvalue weighted by Gasteiger charge is -1.93. The highest BCUT2D eigenvalue weighted by atomic mass is 127. The van der Waals surface area contributed by atoms with Crippen LogP contribution in [0.5, 0.6) is 0 Å². The first kappa shape index (κ1) is 7.85. The number of oxazole rings is 1. The number of rotatable bonds is 0. The fraction of sp³-hybridized carbons (Fsp3) is 0.125. The highest BCUT2D eigenvalue weighted by Crippen LogP contribution is 2.18. The molecule has 1 heterocycles. The van der Waals surface area contributed by atoms with Crippen LogP contribution in [0, 0.1) is 10.5 Å². The normalized spacial score (nSPS) is 10.8. The molecule has 1 aromatic carbocycles. The van der Waals surface area contributed by atoms with Crippen molar-refractivity contribution in [1.82, 2.24) is 4.98 Å². The molecular weight excluding hydrogens is 269 g/mol. The molecular formula is C8H6INO2. The van der Waals surface area contributed by atoms with Crippen molar-refractivity contribution in [2.45, 2.75) is 6.92 Å². The van der Waals surface area contributed by atoms with Crippen molar-refractivity contribution in [3.63, 3.8) is 0 Å². The number of fused-ring (bicyclic) bond motifs is 1. The summed E-state index contributed by atoms with van der Waals surface area (Å²) in [6, 6.07) is 3.83. The van der Waals surface area contributed by atoms with Gasteiger partial charge in [0, 0.05) is 3.57 Å². The topological polar surface area (TPSA) is 46.0 Å². The molecule has 0 saturated carbocycles. The molecule has 0 fully saturated rings. The van der Waals surface area contributed by atoms with Crippen molar-refractivity contribution in [2.75, 3.05) is 0 Å². The van der Waals surface area contributed by atoms with Crippen molar-refractivity contribution in [3.05, 3.63) is 31.8 Å². The zero-order chi connectivity index (χ0) is 8.72. The molecule has 2 aromatic rings. The van der Waals surface area contributed by atoms with Gasteiger partial charge in [0.15, 0.2) is 5.58 Å². The van der Waals surface area contributed by atoms with Crippen LogP contribution in [0.4, 0.5) is 0 Å². The third-order valence-electron chi connectivity index (χ3n) is 1.69. The van der Waals surface area contributed by atoms with Crippen LogP contribution < -0.4 is 5.76 Å². The highest BCUT2D eigenvalue weighted by molar-refractivity contribution is 14.1. The first-order valence-corrected chi connectivity index (χ1v) is 4.53. The number of aryl methyl sites for hydroxylation is 1. The molecule has 1 aromatic heterocycles. The standard InChI is InChI=1S/C8H6INO2/c1-4-2-5(9)3-6-7(4)10-8(11)12-6/h2-3H,1H3,(H,10,11). The largest absolute Gasteiger partial charge is 0.417 e. The molecule has 4 heteroatoms. The van der Waals surface area contributed by atoms with Gasteiger partial charge in [-0.25, -0.2) is 4.79 Å². The van der Waals surface area contributed by atoms with Gasteiger partial charge in [-0.3, -0.25) is 4.98 Å². The first-order valence-electron chi connectivity index (χ1n) is 3.46.